The van der Waals surface area contributed by atoms with Gasteiger partial charge in [0.2, 0.25) is 5.91 Å². The van der Waals surface area contributed by atoms with E-state index in [4.69, 9.17) is 0 Å². The quantitative estimate of drug-likeness (QED) is 0.902. The predicted molar refractivity (Wildman–Crippen MR) is 81.1 cm³/mol. The first-order valence-corrected chi connectivity index (χ1v) is 7.75. The molecule has 0 radical (unpaired) electrons. The lowest BCUT2D eigenvalue weighted by atomic mass is 10.1. The summed E-state index contributed by atoms with van der Waals surface area (Å²) in [6, 6.07) is 8.33. The van der Waals surface area contributed by atoms with Crippen molar-refractivity contribution in [2.75, 3.05) is 19.6 Å². The topological polar surface area (TPSA) is 32.3 Å². The summed E-state index contributed by atoms with van der Waals surface area (Å²) in [6.45, 7) is 4.94. The zero-order valence-electron chi connectivity index (χ0n) is 11.4. The van der Waals surface area contributed by atoms with Gasteiger partial charge in [-0.15, -0.1) is 0 Å². The highest BCUT2D eigenvalue weighted by atomic mass is 79.9. The molecule has 1 aromatic carbocycles. The summed E-state index contributed by atoms with van der Waals surface area (Å²) in [5.74, 6) is 0.238. The van der Waals surface area contributed by atoms with E-state index in [1.54, 1.807) is 0 Å². The number of amides is 1. The number of hydrogen-bond donors (Lipinski definition) is 1. The normalized spacial score (nSPS) is 18.5. The first-order valence-electron chi connectivity index (χ1n) is 6.96. The molecule has 19 heavy (non-hydrogen) atoms. The van der Waals surface area contributed by atoms with Gasteiger partial charge in [0, 0.05) is 23.6 Å². The second-order valence-corrected chi connectivity index (χ2v) is 5.86. The second-order valence-electron chi connectivity index (χ2n) is 5.00. The van der Waals surface area contributed by atoms with Crippen molar-refractivity contribution in [1.82, 2.24) is 10.2 Å². The molecule has 1 aromatic rings. The molecule has 0 aliphatic carbocycles. The van der Waals surface area contributed by atoms with E-state index in [-0.39, 0.29) is 5.91 Å². The lowest BCUT2D eigenvalue weighted by Gasteiger charge is -2.28. The van der Waals surface area contributed by atoms with Crippen LogP contribution in [0.25, 0.3) is 0 Å². The third-order valence-electron chi connectivity index (χ3n) is 3.56. The number of carbonyl (C=O) groups excluding carboxylic acids is 1. The predicted octanol–water partition coefficient (Wildman–Crippen LogP) is 2.59. The summed E-state index contributed by atoms with van der Waals surface area (Å²) in [6.07, 6.45) is 2.57. The molecule has 1 aliphatic rings. The minimum atomic E-state index is 0.238. The van der Waals surface area contributed by atoms with Gasteiger partial charge in [-0.25, -0.2) is 0 Å². The van der Waals surface area contributed by atoms with Crippen molar-refractivity contribution in [2.45, 2.75) is 32.2 Å². The minimum absolute atomic E-state index is 0.238. The van der Waals surface area contributed by atoms with Crippen LogP contribution >= 0.6 is 15.9 Å². The molecule has 1 N–H and O–H groups in total. The number of halogens is 1. The highest BCUT2D eigenvalue weighted by molar-refractivity contribution is 9.10. The van der Waals surface area contributed by atoms with Crippen molar-refractivity contribution < 1.29 is 4.79 Å². The van der Waals surface area contributed by atoms with Crippen molar-refractivity contribution in [3.8, 4) is 0 Å². The molecule has 1 heterocycles. The van der Waals surface area contributed by atoms with Gasteiger partial charge in [-0.3, -0.25) is 4.79 Å². The van der Waals surface area contributed by atoms with E-state index in [1.807, 2.05) is 24.3 Å². The Morgan fingerprint density at radius 1 is 1.47 bits per heavy atom. The number of carbonyl (C=O) groups is 1. The van der Waals surface area contributed by atoms with Crippen LogP contribution in [0.4, 0.5) is 0 Å². The first kappa shape index (κ1) is 14.5. The first-order chi connectivity index (χ1) is 9.22. The molecule has 0 bridgehead atoms. The van der Waals surface area contributed by atoms with Crippen molar-refractivity contribution in [2.24, 2.45) is 0 Å². The molecule has 3 nitrogen and oxygen atoms in total. The van der Waals surface area contributed by atoms with Crippen molar-refractivity contribution in [3.05, 3.63) is 34.3 Å². The summed E-state index contributed by atoms with van der Waals surface area (Å²) < 4.78 is 1.02. The maximum Gasteiger partial charge on any atom is 0.227 e. The molecular formula is C15H21BrN2O. The fourth-order valence-electron chi connectivity index (χ4n) is 2.56. The smallest absolute Gasteiger partial charge is 0.227 e. The molecule has 1 saturated heterocycles. The van der Waals surface area contributed by atoms with Gasteiger partial charge in [0.15, 0.2) is 0 Å². The van der Waals surface area contributed by atoms with E-state index in [1.165, 1.54) is 0 Å². The monoisotopic (exact) mass is 324 g/mol. The van der Waals surface area contributed by atoms with Crippen LogP contribution in [-0.4, -0.2) is 36.5 Å². The third-order valence-corrected chi connectivity index (χ3v) is 4.33. The van der Waals surface area contributed by atoms with Crippen LogP contribution in [-0.2, 0) is 11.2 Å². The molecule has 1 unspecified atom stereocenters. The van der Waals surface area contributed by atoms with Crippen LogP contribution in [0.1, 0.15) is 25.3 Å². The zero-order valence-corrected chi connectivity index (χ0v) is 12.9. The van der Waals surface area contributed by atoms with Crippen LogP contribution in [0.5, 0.6) is 0 Å². The SMILES string of the molecule is CCCN(C(=O)Cc1ccccc1Br)C1CCNC1. The van der Waals surface area contributed by atoms with Crippen LogP contribution in [0.3, 0.4) is 0 Å². The maximum absolute atomic E-state index is 12.5. The van der Waals surface area contributed by atoms with E-state index in [0.717, 1.165) is 42.5 Å². The van der Waals surface area contributed by atoms with Crippen LogP contribution in [0.15, 0.2) is 28.7 Å². The second kappa shape index (κ2) is 7.06. The highest BCUT2D eigenvalue weighted by Crippen LogP contribution is 2.18. The van der Waals surface area contributed by atoms with Gasteiger partial charge in [0.1, 0.15) is 0 Å². The average molecular weight is 325 g/mol. The summed E-state index contributed by atoms with van der Waals surface area (Å²) in [5.41, 5.74) is 1.07. The summed E-state index contributed by atoms with van der Waals surface area (Å²) >= 11 is 3.51. The summed E-state index contributed by atoms with van der Waals surface area (Å²) in [5, 5.41) is 3.34. The Labute approximate surface area is 123 Å². The Morgan fingerprint density at radius 3 is 2.89 bits per heavy atom. The van der Waals surface area contributed by atoms with Crippen molar-refractivity contribution in [3.63, 3.8) is 0 Å². The summed E-state index contributed by atoms with van der Waals surface area (Å²) in [7, 11) is 0. The van der Waals surface area contributed by atoms with E-state index >= 15 is 0 Å². The van der Waals surface area contributed by atoms with Crippen LogP contribution in [0.2, 0.25) is 0 Å². The Balaban J connectivity index is 2.05. The van der Waals surface area contributed by atoms with E-state index in [0.29, 0.717) is 12.5 Å². The number of nitrogens with zero attached hydrogens (tertiary/aromatic N) is 1. The molecule has 104 valence electrons. The molecule has 0 saturated carbocycles. The van der Waals surface area contributed by atoms with E-state index in [2.05, 4.69) is 33.1 Å². The van der Waals surface area contributed by atoms with Gasteiger partial charge in [0.05, 0.1) is 6.42 Å². The molecule has 1 amide bonds. The number of rotatable bonds is 5. The fourth-order valence-corrected chi connectivity index (χ4v) is 2.99. The van der Waals surface area contributed by atoms with Crippen LogP contribution in [0, 0.1) is 0 Å². The van der Waals surface area contributed by atoms with E-state index < -0.39 is 0 Å². The average Bonchev–Trinajstić information content (AvgIpc) is 2.92. The lowest BCUT2D eigenvalue weighted by Crippen LogP contribution is -2.42. The van der Waals surface area contributed by atoms with Gasteiger partial charge >= 0.3 is 0 Å². The molecule has 0 aromatic heterocycles. The fraction of sp³-hybridized carbons (Fsp3) is 0.533. The van der Waals surface area contributed by atoms with Gasteiger partial charge in [-0.1, -0.05) is 41.1 Å². The van der Waals surface area contributed by atoms with Crippen molar-refractivity contribution >= 4 is 21.8 Å². The van der Waals surface area contributed by atoms with E-state index in [9.17, 15) is 4.79 Å². The van der Waals surface area contributed by atoms with Gasteiger partial charge < -0.3 is 10.2 Å². The third kappa shape index (κ3) is 3.80. The molecule has 1 atom stereocenters. The lowest BCUT2D eigenvalue weighted by molar-refractivity contribution is -0.132. The molecule has 4 heteroatoms. The molecule has 1 fully saturated rings. The Kier molecular flexibility index (Phi) is 5.40. The summed E-state index contributed by atoms with van der Waals surface area (Å²) in [4.78, 5) is 14.6. The van der Waals surface area contributed by atoms with Gasteiger partial charge in [0.25, 0.3) is 0 Å². The Morgan fingerprint density at radius 2 is 2.26 bits per heavy atom. The number of nitrogens with one attached hydrogen (secondary N) is 1. The zero-order chi connectivity index (χ0) is 13.7. The van der Waals surface area contributed by atoms with Crippen LogP contribution < -0.4 is 5.32 Å². The van der Waals surface area contributed by atoms with Gasteiger partial charge in [-0.05, 0) is 31.0 Å². The molecule has 1 aliphatic heterocycles. The molecule has 0 spiro atoms. The van der Waals surface area contributed by atoms with Gasteiger partial charge in [-0.2, -0.15) is 0 Å². The largest absolute Gasteiger partial charge is 0.338 e. The Hall–Kier alpha value is -0.870. The number of benzene rings is 1. The number of hydrogen-bond acceptors (Lipinski definition) is 2. The van der Waals surface area contributed by atoms with Crippen molar-refractivity contribution in [1.29, 1.82) is 0 Å². The molecule has 2 rings (SSSR count). The maximum atomic E-state index is 12.5. The Bertz CT molecular complexity index is 430. The standard InChI is InChI=1S/C15H21BrN2O/c1-2-9-18(13-7-8-17-11-13)15(19)10-12-5-3-4-6-14(12)16/h3-6,13,17H,2,7-11H2,1H3. The highest BCUT2D eigenvalue weighted by Gasteiger charge is 2.25. The molecular weight excluding hydrogens is 304 g/mol. The minimum Gasteiger partial charge on any atom is -0.338 e.